The Morgan fingerprint density at radius 1 is 1.35 bits per heavy atom. The second kappa shape index (κ2) is 9.67. The van der Waals surface area contributed by atoms with Crippen LogP contribution >= 0.6 is 58.3 Å². The van der Waals surface area contributed by atoms with Crippen molar-refractivity contribution < 1.29 is 19.1 Å². The topological polar surface area (TPSA) is 99.5 Å². The number of β-lactam (4-membered cyclic amide) rings is 1. The molecule has 7 nitrogen and oxygen atoms in total. The molecule has 0 spiro atoms. The van der Waals surface area contributed by atoms with Crippen molar-refractivity contribution >= 4 is 76.1 Å². The van der Waals surface area contributed by atoms with E-state index in [0.717, 1.165) is 17.3 Å². The molecular formula is C19H18Cl3N3O4S2. The molecule has 2 amide bonds. The minimum absolute atomic E-state index is 0.137. The van der Waals surface area contributed by atoms with Crippen LogP contribution in [0.4, 0.5) is 0 Å². The van der Waals surface area contributed by atoms with Gasteiger partial charge in [-0.3, -0.25) is 9.59 Å². The number of rotatable bonds is 7. The zero-order chi connectivity index (χ0) is 22.8. The highest BCUT2D eigenvalue weighted by molar-refractivity contribution is 8.06. The number of carbonyl (C=O) groups excluding carboxylic acids is 3. The Hall–Kier alpha value is -1.31. The summed E-state index contributed by atoms with van der Waals surface area (Å²) in [5, 5.41) is 13.3. The predicted octanol–water partition coefficient (Wildman–Crippen LogP) is 2.88. The molecule has 0 aromatic heterocycles. The van der Waals surface area contributed by atoms with Gasteiger partial charge in [0, 0.05) is 5.75 Å². The number of ether oxygens (including phenoxy) is 1. The third-order valence-corrected chi connectivity index (χ3v) is 7.91. The summed E-state index contributed by atoms with van der Waals surface area (Å²) < 4.78 is 2.54. The lowest BCUT2D eigenvalue weighted by Crippen LogP contribution is -2.71. The first-order chi connectivity index (χ1) is 14.6. The number of carbonyl (C=O) groups is 3. The zero-order valence-corrected chi connectivity index (χ0v) is 20.1. The number of nitrogens with zero attached hydrogens (tertiary/aromatic N) is 2. The Morgan fingerprint density at radius 3 is 2.65 bits per heavy atom. The first-order valence-electron chi connectivity index (χ1n) is 9.13. The van der Waals surface area contributed by atoms with Crippen molar-refractivity contribution in [2.75, 3.05) is 12.4 Å². The summed E-state index contributed by atoms with van der Waals surface area (Å²) in [5.74, 6) is -1.13. The third kappa shape index (κ3) is 5.55. The molecule has 1 N–H and O–H groups in total. The summed E-state index contributed by atoms with van der Waals surface area (Å²) in [6.45, 7) is 1.31. The quantitative estimate of drug-likeness (QED) is 0.254. The summed E-state index contributed by atoms with van der Waals surface area (Å²) in [6, 6.07) is 7.43. The minimum atomic E-state index is -1.79. The second-order valence-corrected chi connectivity index (χ2v) is 12.2. The van der Waals surface area contributed by atoms with Crippen LogP contribution < -0.4 is 5.32 Å². The Morgan fingerprint density at radius 2 is 2.03 bits per heavy atom. The van der Waals surface area contributed by atoms with E-state index in [4.69, 9.17) is 44.8 Å². The smallest absolute Gasteiger partial charge is 0.330 e. The standard InChI is InChI=1S/C19H18Cl3N3O4S2/c1-18(9-30-10-23)14(17(28)29-8-19(20,21)22)25-15(27)13(16(25)31-18)24-12(26)7-11-5-3-2-4-6-11/h2-6,13-14,16H,7-9H2,1H3,(H,24,26)/t13?,14?,16-,18?/m0/s1. The van der Waals surface area contributed by atoms with E-state index >= 15 is 0 Å². The van der Waals surface area contributed by atoms with Crippen LogP contribution in [0.3, 0.4) is 0 Å². The molecular weight excluding hydrogens is 505 g/mol. The number of thioether (sulfide) groups is 2. The van der Waals surface area contributed by atoms with Gasteiger partial charge in [-0.25, -0.2) is 4.79 Å². The maximum Gasteiger partial charge on any atom is 0.330 e. The number of alkyl halides is 3. The van der Waals surface area contributed by atoms with Crippen LogP contribution in [0.1, 0.15) is 12.5 Å². The highest BCUT2D eigenvalue weighted by Crippen LogP contribution is 2.52. The second-order valence-electron chi connectivity index (χ2n) is 7.28. The molecule has 2 heterocycles. The van der Waals surface area contributed by atoms with E-state index in [9.17, 15) is 14.4 Å². The van der Waals surface area contributed by atoms with Gasteiger partial charge in [-0.15, -0.1) is 11.8 Å². The number of benzene rings is 1. The molecule has 12 heteroatoms. The van der Waals surface area contributed by atoms with Gasteiger partial charge >= 0.3 is 5.97 Å². The third-order valence-electron chi connectivity index (χ3n) is 4.88. The van der Waals surface area contributed by atoms with E-state index in [-0.39, 0.29) is 24.0 Å². The summed E-state index contributed by atoms with van der Waals surface area (Å²) >= 11 is 19.3. The number of halogens is 3. The van der Waals surface area contributed by atoms with E-state index in [1.54, 1.807) is 6.92 Å². The monoisotopic (exact) mass is 521 g/mol. The SMILES string of the molecule is CC1(CSC#N)S[C@H]2C(NC(=O)Cc3ccccc3)C(=O)N2C1C(=O)OCC(Cl)(Cl)Cl. The highest BCUT2D eigenvalue weighted by atomic mass is 35.6. The molecule has 0 bridgehead atoms. The van der Waals surface area contributed by atoms with Gasteiger partial charge in [0.25, 0.3) is 0 Å². The van der Waals surface area contributed by atoms with E-state index in [1.165, 1.54) is 16.7 Å². The molecule has 0 saturated carbocycles. The first kappa shape index (κ1) is 24.3. The molecule has 0 radical (unpaired) electrons. The minimum Gasteiger partial charge on any atom is -0.460 e. The number of esters is 1. The first-order valence-corrected chi connectivity index (χ1v) is 12.1. The molecule has 4 atom stereocenters. The molecule has 166 valence electrons. The van der Waals surface area contributed by atoms with Crippen molar-refractivity contribution in [3.63, 3.8) is 0 Å². The van der Waals surface area contributed by atoms with Crippen LogP contribution in [-0.2, 0) is 25.5 Å². The van der Waals surface area contributed by atoms with Gasteiger partial charge in [0.2, 0.25) is 15.6 Å². The molecule has 3 unspecified atom stereocenters. The number of amides is 2. The Bertz CT molecular complexity index is 909. The van der Waals surface area contributed by atoms with Crippen LogP contribution in [0.5, 0.6) is 0 Å². The highest BCUT2D eigenvalue weighted by Gasteiger charge is 2.66. The summed E-state index contributed by atoms with van der Waals surface area (Å²) in [6.07, 6.45) is 0.137. The fourth-order valence-electron chi connectivity index (χ4n) is 3.54. The van der Waals surface area contributed by atoms with Gasteiger partial charge < -0.3 is 15.0 Å². The van der Waals surface area contributed by atoms with E-state index < -0.39 is 38.6 Å². The van der Waals surface area contributed by atoms with Gasteiger partial charge in [0.15, 0.2) is 0 Å². The lowest BCUT2D eigenvalue weighted by atomic mass is 9.95. The van der Waals surface area contributed by atoms with E-state index in [1.807, 2.05) is 35.7 Å². The van der Waals surface area contributed by atoms with Crippen LogP contribution in [0, 0.1) is 10.7 Å². The maximum atomic E-state index is 12.8. The number of thiocyanates is 1. The molecule has 2 aliphatic heterocycles. The summed E-state index contributed by atoms with van der Waals surface area (Å²) in [4.78, 5) is 39.5. The Balaban J connectivity index is 1.72. The van der Waals surface area contributed by atoms with Crippen LogP contribution in [0.15, 0.2) is 30.3 Å². The van der Waals surface area contributed by atoms with E-state index in [2.05, 4.69) is 5.32 Å². The summed E-state index contributed by atoms with van der Waals surface area (Å²) in [5.41, 5.74) is 0.825. The normalized spacial score (nSPS) is 27.1. The number of fused-ring (bicyclic) bond motifs is 1. The molecule has 3 rings (SSSR count). The molecule has 2 aliphatic rings. The fourth-order valence-corrected chi connectivity index (χ4v) is 6.21. The number of hydrogen-bond donors (Lipinski definition) is 1. The van der Waals surface area contributed by atoms with Crippen molar-refractivity contribution in [1.29, 1.82) is 5.26 Å². The summed E-state index contributed by atoms with van der Waals surface area (Å²) in [7, 11) is 0. The van der Waals surface area contributed by atoms with Crippen LogP contribution in [0.25, 0.3) is 0 Å². The average molecular weight is 523 g/mol. The van der Waals surface area contributed by atoms with Crippen molar-refractivity contribution in [1.82, 2.24) is 10.2 Å². The number of hydrogen-bond acceptors (Lipinski definition) is 7. The predicted molar refractivity (Wildman–Crippen MR) is 122 cm³/mol. The van der Waals surface area contributed by atoms with Crippen molar-refractivity contribution in [3.05, 3.63) is 35.9 Å². The molecule has 31 heavy (non-hydrogen) atoms. The molecule has 2 fully saturated rings. The molecule has 2 saturated heterocycles. The average Bonchev–Trinajstić information content (AvgIpc) is 2.99. The molecule has 1 aromatic carbocycles. The van der Waals surface area contributed by atoms with Gasteiger partial charge in [-0.05, 0) is 24.2 Å². The van der Waals surface area contributed by atoms with Crippen LogP contribution in [0.2, 0.25) is 0 Å². The van der Waals surface area contributed by atoms with Gasteiger partial charge in [0.1, 0.15) is 29.5 Å². The van der Waals surface area contributed by atoms with Crippen LogP contribution in [-0.4, -0.2) is 61.0 Å². The lowest BCUT2D eigenvalue weighted by Gasteiger charge is -2.44. The van der Waals surface area contributed by atoms with Gasteiger partial charge in [-0.2, -0.15) is 5.26 Å². The largest absolute Gasteiger partial charge is 0.460 e. The Labute approximate surface area is 203 Å². The number of nitrogens with one attached hydrogen (secondary N) is 1. The Kier molecular flexibility index (Phi) is 7.59. The van der Waals surface area contributed by atoms with Crippen molar-refractivity contribution in [2.45, 2.75) is 39.3 Å². The fraction of sp³-hybridized carbons (Fsp3) is 0.474. The molecule has 1 aromatic rings. The van der Waals surface area contributed by atoms with Crippen molar-refractivity contribution in [3.8, 4) is 5.40 Å². The van der Waals surface area contributed by atoms with E-state index in [0.29, 0.717) is 0 Å². The van der Waals surface area contributed by atoms with Gasteiger partial charge in [-0.1, -0.05) is 65.1 Å². The number of nitriles is 1. The lowest BCUT2D eigenvalue weighted by molar-refractivity contribution is -0.164. The van der Waals surface area contributed by atoms with Gasteiger partial charge in [0.05, 0.1) is 11.2 Å². The molecule has 0 aliphatic carbocycles. The maximum absolute atomic E-state index is 12.8. The van der Waals surface area contributed by atoms with Crippen molar-refractivity contribution in [2.24, 2.45) is 0 Å². The zero-order valence-electron chi connectivity index (χ0n) is 16.2.